The Morgan fingerprint density at radius 2 is 1.73 bits per heavy atom. The molecule has 0 bridgehead atoms. The van der Waals surface area contributed by atoms with Gasteiger partial charge in [0.2, 0.25) is 0 Å². The Morgan fingerprint density at radius 3 is 2.47 bits per heavy atom. The average Bonchev–Trinajstić information content (AvgIpc) is 2.81. The minimum absolute atomic E-state index is 0.654. The summed E-state index contributed by atoms with van der Waals surface area (Å²) in [6.45, 7) is 5.53. The van der Waals surface area contributed by atoms with E-state index in [2.05, 4.69) is 10.2 Å². The minimum Gasteiger partial charge on any atom is -0.493 e. The topological polar surface area (TPSA) is 68.7 Å². The summed E-state index contributed by atoms with van der Waals surface area (Å²) in [4.78, 5) is 12.1. The molecule has 1 N–H and O–H groups in total. The van der Waals surface area contributed by atoms with Crippen LogP contribution in [0, 0.1) is 0 Å². The number of nitrogens with one attached hydrogen (secondary N) is 1. The van der Waals surface area contributed by atoms with E-state index >= 15 is 0 Å². The predicted molar refractivity (Wildman–Crippen MR) is 118 cm³/mol. The highest BCUT2D eigenvalue weighted by atomic mass is 16.5. The molecule has 7 nitrogen and oxygen atoms in total. The summed E-state index contributed by atoms with van der Waals surface area (Å²) in [5.41, 5.74) is 1.79. The van der Waals surface area contributed by atoms with Gasteiger partial charge in [-0.25, -0.2) is 9.97 Å². The van der Waals surface area contributed by atoms with Crippen molar-refractivity contribution in [2.45, 2.75) is 6.42 Å². The second-order valence-corrected chi connectivity index (χ2v) is 7.22. The number of rotatable bonds is 8. The van der Waals surface area contributed by atoms with E-state index in [0.717, 1.165) is 68.1 Å². The fourth-order valence-electron chi connectivity index (χ4n) is 3.64. The van der Waals surface area contributed by atoms with Gasteiger partial charge >= 0.3 is 0 Å². The Balaban J connectivity index is 1.61. The Morgan fingerprint density at radius 1 is 1.00 bits per heavy atom. The first kappa shape index (κ1) is 20.4. The van der Waals surface area contributed by atoms with E-state index in [1.807, 2.05) is 42.5 Å². The molecule has 4 rings (SSSR count). The van der Waals surface area contributed by atoms with Crippen LogP contribution < -0.4 is 14.8 Å². The van der Waals surface area contributed by atoms with Crippen LogP contribution in [-0.4, -0.2) is 68.5 Å². The molecule has 0 saturated carbocycles. The van der Waals surface area contributed by atoms with Crippen LogP contribution in [0.25, 0.3) is 22.3 Å². The van der Waals surface area contributed by atoms with Crippen molar-refractivity contribution >= 4 is 16.7 Å². The Hall–Kier alpha value is -2.90. The first-order valence-electron chi connectivity index (χ1n) is 10.3. The molecule has 0 unspecified atom stereocenters. The molecule has 1 aromatic heterocycles. The summed E-state index contributed by atoms with van der Waals surface area (Å²) >= 11 is 0. The van der Waals surface area contributed by atoms with E-state index in [9.17, 15) is 0 Å². The van der Waals surface area contributed by atoms with Crippen LogP contribution in [0.4, 0.5) is 5.82 Å². The van der Waals surface area contributed by atoms with Gasteiger partial charge in [-0.15, -0.1) is 0 Å². The largest absolute Gasteiger partial charge is 0.493 e. The highest BCUT2D eigenvalue weighted by molar-refractivity contribution is 5.93. The summed E-state index contributed by atoms with van der Waals surface area (Å²) < 4.78 is 16.4. The van der Waals surface area contributed by atoms with E-state index in [0.29, 0.717) is 17.3 Å². The molecule has 0 aliphatic carbocycles. The molecule has 0 atom stereocenters. The summed E-state index contributed by atoms with van der Waals surface area (Å²) in [5, 5.41) is 4.44. The van der Waals surface area contributed by atoms with Crippen LogP contribution in [0.1, 0.15) is 6.42 Å². The van der Waals surface area contributed by atoms with Crippen LogP contribution in [-0.2, 0) is 4.74 Å². The third kappa shape index (κ3) is 4.63. The molecule has 1 fully saturated rings. The van der Waals surface area contributed by atoms with E-state index in [-0.39, 0.29) is 0 Å². The molecule has 1 aliphatic heterocycles. The number of hydrogen-bond acceptors (Lipinski definition) is 7. The molecule has 158 valence electrons. The molecule has 0 radical (unpaired) electrons. The van der Waals surface area contributed by atoms with Gasteiger partial charge in [-0.05, 0) is 19.0 Å². The third-order valence-corrected chi connectivity index (χ3v) is 5.28. The number of hydrogen-bond donors (Lipinski definition) is 1. The predicted octanol–water partition coefficient (Wildman–Crippen LogP) is 3.45. The van der Waals surface area contributed by atoms with Gasteiger partial charge in [0.25, 0.3) is 0 Å². The number of morpholine rings is 1. The van der Waals surface area contributed by atoms with Crippen molar-refractivity contribution in [3.8, 4) is 22.9 Å². The lowest BCUT2D eigenvalue weighted by Gasteiger charge is -2.26. The van der Waals surface area contributed by atoms with Gasteiger partial charge < -0.3 is 19.5 Å². The molecular weight excluding hydrogens is 380 g/mol. The number of aromatic nitrogens is 2. The van der Waals surface area contributed by atoms with Gasteiger partial charge in [0.15, 0.2) is 17.3 Å². The van der Waals surface area contributed by atoms with Gasteiger partial charge in [-0.1, -0.05) is 30.3 Å². The monoisotopic (exact) mass is 408 g/mol. The van der Waals surface area contributed by atoms with Gasteiger partial charge in [-0.2, -0.15) is 0 Å². The van der Waals surface area contributed by atoms with Gasteiger partial charge in [0, 0.05) is 36.7 Å². The van der Waals surface area contributed by atoms with Crippen molar-refractivity contribution in [3.05, 3.63) is 42.5 Å². The molecule has 0 amide bonds. The van der Waals surface area contributed by atoms with E-state index in [4.69, 9.17) is 24.2 Å². The second-order valence-electron chi connectivity index (χ2n) is 7.22. The Bertz CT molecular complexity index is 975. The van der Waals surface area contributed by atoms with Gasteiger partial charge in [0.1, 0.15) is 5.82 Å². The molecule has 3 aromatic rings. The lowest BCUT2D eigenvalue weighted by Crippen LogP contribution is -2.37. The zero-order chi connectivity index (χ0) is 20.8. The lowest BCUT2D eigenvalue weighted by atomic mass is 10.1. The molecule has 1 aliphatic rings. The smallest absolute Gasteiger partial charge is 0.162 e. The van der Waals surface area contributed by atoms with Crippen molar-refractivity contribution in [1.82, 2.24) is 14.9 Å². The lowest BCUT2D eigenvalue weighted by molar-refractivity contribution is 0.0378. The Kier molecular flexibility index (Phi) is 6.61. The summed E-state index contributed by atoms with van der Waals surface area (Å²) in [7, 11) is 3.27. The van der Waals surface area contributed by atoms with E-state index in [1.54, 1.807) is 14.2 Å². The van der Waals surface area contributed by atoms with Gasteiger partial charge in [0.05, 0.1) is 33.0 Å². The highest BCUT2D eigenvalue weighted by Gasteiger charge is 2.15. The number of ether oxygens (including phenoxy) is 3. The van der Waals surface area contributed by atoms with Crippen LogP contribution >= 0.6 is 0 Å². The van der Waals surface area contributed by atoms with Gasteiger partial charge in [-0.3, -0.25) is 4.90 Å². The molecule has 0 spiro atoms. The summed E-state index contributed by atoms with van der Waals surface area (Å²) in [5.74, 6) is 2.81. The molecular formula is C23H28N4O3. The van der Waals surface area contributed by atoms with Crippen molar-refractivity contribution < 1.29 is 14.2 Å². The maximum Gasteiger partial charge on any atom is 0.162 e. The molecule has 1 saturated heterocycles. The molecule has 30 heavy (non-hydrogen) atoms. The summed E-state index contributed by atoms with van der Waals surface area (Å²) in [6.07, 6.45) is 1.03. The Labute approximate surface area is 177 Å². The normalized spacial score (nSPS) is 14.6. The zero-order valence-corrected chi connectivity index (χ0v) is 17.6. The summed E-state index contributed by atoms with van der Waals surface area (Å²) in [6, 6.07) is 13.9. The van der Waals surface area contributed by atoms with Crippen molar-refractivity contribution in [3.63, 3.8) is 0 Å². The molecule has 2 aromatic carbocycles. The third-order valence-electron chi connectivity index (χ3n) is 5.28. The first-order valence-corrected chi connectivity index (χ1v) is 10.3. The maximum atomic E-state index is 5.49. The maximum absolute atomic E-state index is 5.49. The van der Waals surface area contributed by atoms with Crippen molar-refractivity contribution in [2.75, 3.05) is 58.9 Å². The SMILES string of the molecule is COc1cc2nc(-c3ccccc3)nc(NCCCN3CCOCC3)c2cc1OC. The molecule has 7 heteroatoms. The van der Waals surface area contributed by atoms with E-state index < -0.39 is 0 Å². The zero-order valence-electron chi connectivity index (χ0n) is 17.6. The van der Waals surface area contributed by atoms with Crippen LogP contribution in [0.3, 0.4) is 0 Å². The first-order chi connectivity index (χ1) is 14.8. The van der Waals surface area contributed by atoms with E-state index in [1.165, 1.54) is 0 Å². The number of fused-ring (bicyclic) bond motifs is 1. The fraction of sp³-hybridized carbons (Fsp3) is 0.391. The quantitative estimate of drug-likeness (QED) is 0.573. The number of benzene rings is 2. The van der Waals surface area contributed by atoms with Crippen LogP contribution in [0.5, 0.6) is 11.5 Å². The standard InChI is InChI=1S/C23H28N4O3/c1-28-20-15-18-19(16-21(20)29-2)25-22(17-7-4-3-5-8-17)26-23(18)24-9-6-10-27-11-13-30-14-12-27/h3-5,7-8,15-16H,6,9-14H2,1-2H3,(H,24,25,26). The van der Waals surface area contributed by atoms with Crippen LogP contribution in [0.2, 0.25) is 0 Å². The molecule has 2 heterocycles. The fourth-order valence-corrected chi connectivity index (χ4v) is 3.64. The van der Waals surface area contributed by atoms with Crippen molar-refractivity contribution in [2.24, 2.45) is 0 Å². The highest BCUT2D eigenvalue weighted by Crippen LogP contribution is 2.35. The number of anilines is 1. The minimum atomic E-state index is 0.654. The van der Waals surface area contributed by atoms with Crippen molar-refractivity contribution in [1.29, 1.82) is 0 Å². The average molecular weight is 409 g/mol. The number of methoxy groups -OCH3 is 2. The number of nitrogens with zero attached hydrogens (tertiary/aromatic N) is 3. The second kappa shape index (κ2) is 9.73. The van der Waals surface area contributed by atoms with Crippen LogP contribution in [0.15, 0.2) is 42.5 Å².